The zero-order valence-corrected chi connectivity index (χ0v) is 9.45. The zero-order chi connectivity index (χ0) is 10.6. The molecule has 0 aliphatic carbocycles. The van der Waals surface area contributed by atoms with Crippen molar-refractivity contribution in [3.05, 3.63) is 34.9 Å². The van der Waals surface area contributed by atoms with Gasteiger partial charge >= 0.3 is 0 Å². The van der Waals surface area contributed by atoms with Crippen LogP contribution < -0.4 is 0 Å². The first-order valence-corrected chi connectivity index (χ1v) is 5.44. The van der Waals surface area contributed by atoms with Gasteiger partial charge in [0.25, 0.3) is 0 Å². The molecule has 3 heteroatoms. The predicted octanol–water partition coefficient (Wildman–Crippen LogP) is 2.70. The average Bonchev–Trinajstić information content (AvgIpc) is 2.27. The van der Waals surface area contributed by atoms with Crippen molar-refractivity contribution in [3.8, 4) is 0 Å². The molecule has 0 aliphatic heterocycles. The molecule has 1 unspecified atom stereocenters. The number of hydrogen-bond acceptors (Lipinski definition) is 2. The summed E-state index contributed by atoms with van der Waals surface area (Å²) in [5.41, 5.74) is 2.61. The van der Waals surface area contributed by atoms with E-state index in [1.165, 1.54) is 0 Å². The summed E-state index contributed by atoms with van der Waals surface area (Å²) in [7, 11) is 0. The second-order valence-electron chi connectivity index (χ2n) is 3.13. The summed E-state index contributed by atoms with van der Waals surface area (Å²) in [4.78, 5) is 21.2. The van der Waals surface area contributed by atoms with E-state index in [9.17, 15) is 9.59 Å². The lowest BCUT2D eigenvalue weighted by atomic mass is 9.96. The van der Waals surface area contributed by atoms with E-state index < -0.39 is 0 Å². The molecule has 0 bridgehead atoms. The van der Waals surface area contributed by atoms with Crippen LogP contribution in [0.3, 0.4) is 0 Å². The first kappa shape index (κ1) is 11.1. The number of carbonyl (C=O) groups is 2. The lowest BCUT2D eigenvalue weighted by molar-refractivity contribution is -0.108. The fourth-order valence-electron chi connectivity index (χ4n) is 1.33. The van der Waals surface area contributed by atoms with Crippen LogP contribution in [0.15, 0.2) is 18.2 Å². The molecule has 14 heavy (non-hydrogen) atoms. The maximum Gasteiger partial charge on any atom is 0.150 e. The minimum absolute atomic E-state index is 0.122. The molecule has 0 aliphatic rings. The van der Waals surface area contributed by atoms with Crippen LogP contribution in [0.1, 0.15) is 34.3 Å². The van der Waals surface area contributed by atoms with E-state index in [4.69, 9.17) is 0 Å². The monoisotopic (exact) mass is 254 g/mol. The molecular weight excluding hydrogens is 244 g/mol. The van der Waals surface area contributed by atoms with Crippen LogP contribution >= 0.6 is 15.9 Å². The number of aldehydes is 2. The van der Waals surface area contributed by atoms with Gasteiger partial charge in [-0.2, -0.15) is 0 Å². The van der Waals surface area contributed by atoms with Crippen LogP contribution in [-0.4, -0.2) is 12.6 Å². The van der Waals surface area contributed by atoms with Gasteiger partial charge in [0.1, 0.15) is 12.6 Å². The second-order valence-corrected chi connectivity index (χ2v) is 3.70. The van der Waals surface area contributed by atoms with Gasteiger partial charge in [-0.05, 0) is 17.2 Å². The number of halogens is 1. The normalized spacial score (nSPS) is 12.1. The van der Waals surface area contributed by atoms with Gasteiger partial charge < -0.3 is 4.79 Å². The first-order chi connectivity index (χ1) is 6.72. The van der Waals surface area contributed by atoms with Crippen LogP contribution in [0, 0.1) is 0 Å². The molecule has 1 aromatic rings. The van der Waals surface area contributed by atoms with Crippen LogP contribution in [0.2, 0.25) is 0 Å². The fourth-order valence-corrected chi connectivity index (χ4v) is 1.82. The highest BCUT2D eigenvalue weighted by Crippen LogP contribution is 2.21. The van der Waals surface area contributed by atoms with Crippen molar-refractivity contribution >= 4 is 28.5 Å². The van der Waals surface area contributed by atoms with Crippen molar-refractivity contribution in [3.63, 3.8) is 0 Å². The third-order valence-corrected chi connectivity index (χ3v) is 2.75. The minimum Gasteiger partial charge on any atom is -0.303 e. The molecule has 2 nitrogen and oxygen atoms in total. The summed E-state index contributed by atoms with van der Waals surface area (Å²) in [6.45, 7) is 1.84. The summed E-state index contributed by atoms with van der Waals surface area (Å²) in [5.74, 6) is -0.122. The number of alkyl halides is 1. The minimum atomic E-state index is -0.122. The Hall–Kier alpha value is -0.960. The van der Waals surface area contributed by atoms with Gasteiger partial charge in [-0.3, -0.25) is 4.79 Å². The number of benzene rings is 1. The molecule has 0 aromatic heterocycles. The number of rotatable bonds is 4. The SMILES string of the molecule is CC(C=O)c1ccc(C=O)cc1CBr. The molecule has 1 rings (SSSR count). The van der Waals surface area contributed by atoms with E-state index in [1.807, 2.05) is 13.0 Å². The first-order valence-electron chi connectivity index (χ1n) is 4.32. The van der Waals surface area contributed by atoms with E-state index in [-0.39, 0.29) is 5.92 Å². The quantitative estimate of drug-likeness (QED) is 0.612. The zero-order valence-electron chi connectivity index (χ0n) is 7.87. The molecule has 0 spiro atoms. The lowest BCUT2D eigenvalue weighted by Crippen LogP contribution is -2.00. The van der Waals surface area contributed by atoms with Gasteiger partial charge in [-0.15, -0.1) is 0 Å². The van der Waals surface area contributed by atoms with Gasteiger partial charge in [0.15, 0.2) is 0 Å². The van der Waals surface area contributed by atoms with Crippen LogP contribution in [0.25, 0.3) is 0 Å². The Kier molecular flexibility index (Phi) is 4.01. The van der Waals surface area contributed by atoms with Gasteiger partial charge in [0.2, 0.25) is 0 Å². The Labute approximate surface area is 91.4 Å². The van der Waals surface area contributed by atoms with E-state index in [2.05, 4.69) is 15.9 Å². The summed E-state index contributed by atoms with van der Waals surface area (Å²) in [5, 5.41) is 0.655. The molecular formula is C11H11BrO2. The van der Waals surface area contributed by atoms with Crippen molar-refractivity contribution < 1.29 is 9.59 Å². The third kappa shape index (κ3) is 2.29. The van der Waals surface area contributed by atoms with Crippen molar-refractivity contribution in [2.24, 2.45) is 0 Å². The molecule has 0 radical (unpaired) electrons. The Morgan fingerprint density at radius 2 is 2.14 bits per heavy atom. The summed E-state index contributed by atoms with van der Waals surface area (Å²) in [6.07, 6.45) is 1.71. The maximum absolute atomic E-state index is 10.6. The highest BCUT2D eigenvalue weighted by Gasteiger charge is 2.09. The number of hydrogen-bond donors (Lipinski definition) is 0. The Morgan fingerprint density at radius 3 is 2.64 bits per heavy atom. The van der Waals surface area contributed by atoms with Crippen molar-refractivity contribution in [2.75, 3.05) is 0 Å². The van der Waals surface area contributed by atoms with Crippen LogP contribution in [-0.2, 0) is 10.1 Å². The van der Waals surface area contributed by atoms with Crippen molar-refractivity contribution in [2.45, 2.75) is 18.2 Å². The van der Waals surface area contributed by atoms with E-state index in [0.29, 0.717) is 10.9 Å². The Morgan fingerprint density at radius 1 is 1.43 bits per heavy atom. The van der Waals surface area contributed by atoms with E-state index in [1.54, 1.807) is 12.1 Å². The van der Waals surface area contributed by atoms with E-state index in [0.717, 1.165) is 23.7 Å². The summed E-state index contributed by atoms with van der Waals surface area (Å²) >= 11 is 3.34. The third-order valence-electron chi connectivity index (χ3n) is 2.14. The largest absolute Gasteiger partial charge is 0.303 e. The maximum atomic E-state index is 10.6. The molecule has 74 valence electrons. The van der Waals surface area contributed by atoms with Gasteiger partial charge in [-0.25, -0.2) is 0 Å². The topological polar surface area (TPSA) is 34.1 Å². The molecule has 1 atom stereocenters. The van der Waals surface area contributed by atoms with E-state index >= 15 is 0 Å². The highest BCUT2D eigenvalue weighted by atomic mass is 79.9. The summed E-state index contributed by atoms with van der Waals surface area (Å²) in [6, 6.07) is 5.37. The fraction of sp³-hybridized carbons (Fsp3) is 0.273. The van der Waals surface area contributed by atoms with Crippen LogP contribution in [0.5, 0.6) is 0 Å². The Balaban J connectivity index is 3.17. The molecule has 0 amide bonds. The van der Waals surface area contributed by atoms with Crippen molar-refractivity contribution in [1.82, 2.24) is 0 Å². The molecule has 1 aromatic carbocycles. The van der Waals surface area contributed by atoms with Gasteiger partial charge in [-0.1, -0.05) is 35.0 Å². The van der Waals surface area contributed by atoms with Gasteiger partial charge in [0, 0.05) is 16.8 Å². The van der Waals surface area contributed by atoms with Crippen LogP contribution in [0.4, 0.5) is 0 Å². The van der Waals surface area contributed by atoms with Gasteiger partial charge in [0.05, 0.1) is 0 Å². The Bertz CT molecular complexity index is 347. The molecule has 0 saturated carbocycles. The van der Waals surface area contributed by atoms with Crippen molar-refractivity contribution in [1.29, 1.82) is 0 Å². The smallest absolute Gasteiger partial charge is 0.150 e. The predicted molar refractivity (Wildman–Crippen MR) is 58.9 cm³/mol. The summed E-state index contributed by atoms with van der Waals surface area (Å²) < 4.78 is 0. The number of carbonyl (C=O) groups excluding carboxylic acids is 2. The molecule has 0 fully saturated rings. The molecule has 0 heterocycles. The molecule has 0 saturated heterocycles. The second kappa shape index (κ2) is 5.05. The standard InChI is InChI=1S/C11H11BrO2/c1-8(6-13)11-3-2-9(7-14)4-10(11)5-12/h2-4,6-8H,5H2,1H3. The average molecular weight is 255 g/mol. The highest BCUT2D eigenvalue weighted by molar-refractivity contribution is 9.08. The molecule has 0 N–H and O–H groups in total. The lowest BCUT2D eigenvalue weighted by Gasteiger charge is -2.09.